The van der Waals surface area contributed by atoms with E-state index in [9.17, 15) is 9.65 Å². The molecular weight excluding hydrogens is 241 g/mol. The van der Waals surface area contributed by atoms with Crippen LogP contribution in [0.5, 0.6) is 5.75 Å². The Morgan fingerprint density at radius 3 is 2.68 bits per heavy atom. The number of nitriles is 1. The van der Waals surface area contributed by atoms with Crippen molar-refractivity contribution in [2.45, 2.75) is 12.3 Å². The van der Waals surface area contributed by atoms with E-state index in [4.69, 9.17) is 4.74 Å². The molecule has 1 unspecified atom stereocenters. The summed E-state index contributed by atoms with van der Waals surface area (Å²) in [5.41, 5.74) is 1.39. The van der Waals surface area contributed by atoms with Gasteiger partial charge >= 0.3 is 0 Å². The molecule has 3 heteroatoms. The summed E-state index contributed by atoms with van der Waals surface area (Å²) in [5, 5.41) is 9.24. The van der Waals surface area contributed by atoms with E-state index < -0.39 is 5.92 Å². The molecule has 2 nitrogen and oxygen atoms in total. The molecule has 0 radical (unpaired) electrons. The maximum absolute atomic E-state index is 13.7. The summed E-state index contributed by atoms with van der Waals surface area (Å²) in [6.45, 7) is 0. The molecule has 2 rings (SSSR count). The Bertz CT molecular complexity index is 604. The molecule has 1 atom stereocenters. The Kier molecular flexibility index (Phi) is 4.15. The van der Waals surface area contributed by atoms with Crippen LogP contribution in [0.15, 0.2) is 48.5 Å². The molecule has 2 aromatic rings. The monoisotopic (exact) mass is 255 g/mol. The largest absolute Gasteiger partial charge is 0.497 e. The summed E-state index contributed by atoms with van der Waals surface area (Å²) in [6.07, 6.45) is 0.467. The Balaban J connectivity index is 2.25. The average molecular weight is 255 g/mol. The van der Waals surface area contributed by atoms with Crippen molar-refractivity contribution in [1.29, 1.82) is 5.26 Å². The Hall–Kier alpha value is -2.34. The zero-order valence-electron chi connectivity index (χ0n) is 10.6. The Morgan fingerprint density at radius 2 is 2.00 bits per heavy atom. The standard InChI is InChI=1S/C16H14FNO/c1-19-14-6-4-5-12(10-14)9-13(11-18)15-7-2-3-8-16(15)17/h2-8,10,13H,9H2,1H3. The minimum Gasteiger partial charge on any atom is -0.497 e. The van der Waals surface area contributed by atoms with Crippen molar-refractivity contribution >= 4 is 0 Å². The fourth-order valence-corrected chi connectivity index (χ4v) is 2.02. The summed E-state index contributed by atoms with van der Waals surface area (Å²) in [5.74, 6) is -0.0898. The number of nitrogens with zero attached hydrogens (tertiary/aromatic N) is 1. The van der Waals surface area contributed by atoms with Crippen LogP contribution in [0.25, 0.3) is 0 Å². The molecule has 0 fully saturated rings. The van der Waals surface area contributed by atoms with E-state index in [2.05, 4.69) is 6.07 Å². The molecule has 96 valence electrons. The molecule has 2 aromatic carbocycles. The maximum atomic E-state index is 13.7. The molecule has 0 saturated carbocycles. The van der Waals surface area contributed by atoms with Crippen molar-refractivity contribution in [3.05, 3.63) is 65.5 Å². The summed E-state index contributed by atoms with van der Waals surface area (Å²) >= 11 is 0. The fourth-order valence-electron chi connectivity index (χ4n) is 2.02. The van der Waals surface area contributed by atoms with Gasteiger partial charge in [0.15, 0.2) is 0 Å². The molecular formula is C16H14FNO. The van der Waals surface area contributed by atoms with E-state index in [-0.39, 0.29) is 5.82 Å². The molecule has 0 bridgehead atoms. The predicted octanol–water partition coefficient (Wildman–Crippen LogP) is 3.68. The average Bonchev–Trinajstić information content (AvgIpc) is 2.46. The molecule has 0 aromatic heterocycles. The van der Waals surface area contributed by atoms with Gasteiger partial charge in [-0.25, -0.2) is 4.39 Å². The van der Waals surface area contributed by atoms with E-state index in [1.165, 1.54) is 6.07 Å². The van der Waals surface area contributed by atoms with Gasteiger partial charge in [0.1, 0.15) is 11.6 Å². The van der Waals surface area contributed by atoms with Crippen molar-refractivity contribution in [2.75, 3.05) is 7.11 Å². The SMILES string of the molecule is COc1cccc(CC(C#N)c2ccccc2F)c1. The number of methoxy groups -OCH3 is 1. The first-order valence-corrected chi connectivity index (χ1v) is 6.01. The van der Waals surface area contributed by atoms with E-state index in [1.54, 1.807) is 25.3 Å². The van der Waals surface area contributed by atoms with Gasteiger partial charge in [-0.3, -0.25) is 0 Å². The third kappa shape index (κ3) is 3.11. The fraction of sp³-hybridized carbons (Fsp3) is 0.188. The van der Waals surface area contributed by atoms with E-state index in [1.807, 2.05) is 24.3 Å². The van der Waals surface area contributed by atoms with Gasteiger partial charge in [0.2, 0.25) is 0 Å². The number of benzene rings is 2. The van der Waals surface area contributed by atoms with E-state index >= 15 is 0 Å². The number of hydrogen-bond donors (Lipinski definition) is 0. The lowest BCUT2D eigenvalue weighted by Gasteiger charge is -2.11. The topological polar surface area (TPSA) is 33.0 Å². The van der Waals surface area contributed by atoms with Crippen molar-refractivity contribution in [2.24, 2.45) is 0 Å². The van der Waals surface area contributed by atoms with Crippen LogP contribution in [0, 0.1) is 17.1 Å². The molecule has 19 heavy (non-hydrogen) atoms. The lowest BCUT2D eigenvalue weighted by Crippen LogP contribution is -2.03. The summed E-state index contributed by atoms with van der Waals surface area (Å²) < 4.78 is 18.8. The van der Waals surface area contributed by atoms with Crippen LogP contribution in [0.3, 0.4) is 0 Å². The lowest BCUT2D eigenvalue weighted by molar-refractivity contribution is 0.414. The first-order valence-electron chi connectivity index (χ1n) is 6.01. The minimum absolute atomic E-state index is 0.336. The van der Waals surface area contributed by atoms with Crippen LogP contribution >= 0.6 is 0 Å². The van der Waals surface area contributed by atoms with Gasteiger partial charge in [0.25, 0.3) is 0 Å². The zero-order chi connectivity index (χ0) is 13.7. The number of ether oxygens (including phenoxy) is 1. The molecule has 0 aliphatic rings. The maximum Gasteiger partial charge on any atom is 0.127 e. The van der Waals surface area contributed by atoms with Gasteiger partial charge in [-0.15, -0.1) is 0 Å². The minimum atomic E-state index is -0.492. The first kappa shape index (κ1) is 13.1. The molecule has 0 aliphatic heterocycles. The third-order valence-electron chi connectivity index (χ3n) is 3.01. The van der Waals surface area contributed by atoms with E-state index in [0.29, 0.717) is 12.0 Å². The lowest BCUT2D eigenvalue weighted by atomic mass is 9.93. The highest BCUT2D eigenvalue weighted by Crippen LogP contribution is 2.24. The van der Waals surface area contributed by atoms with Crippen LogP contribution in [-0.2, 0) is 6.42 Å². The van der Waals surface area contributed by atoms with Crippen LogP contribution < -0.4 is 4.74 Å². The second kappa shape index (κ2) is 6.01. The van der Waals surface area contributed by atoms with Crippen LogP contribution in [-0.4, -0.2) is 7.11 Å². The number of rotatable bonds is 4. The van der Waals surface area contributed by atoms with Gasteiger partial charge in [-0.05, 0) is 30.2 Å². The van der Waals surface area contributed by atoms with Crippen LogP contribution in [0.4, 0.5) is 4.39 Å². The van der Waals surface area contributed by atoms with Crippen molar-refractivity contribution in [1.82, 2.24) is 0 Å². The third-order valence-corrected chi connectivity index (χ3v) is 3.01. The van der Waals surface area contributed by atoms with E-state index in [0.717, 1.165) is 11.3 Å². The summed E-state index contributed by atoms with van der Waals surface area (Å²) in [7, 11) is 1.59. The van der Waals surface area contributed by atoms with Gasteiger partial charge in [-0.1, -0.05) is 30.3 Å². The highest BCUT2D eigenvalue weighted by atomic mass is 19.1. The Morgan fingerprint density at radius 1 is 1.21 bits per heavy atom. The number of halogens is 1. The smallest absolute Gasteiger partial charge is 0.127 e. The van der Waals surface area contributed by atoms with Gasteiger partial charge < -0.3 is 4.74 Å². The quantitative estimate of drug-likeness (QED) is 0.834. The summed E-state index contributed by atoms with van der Waals surface area (Å²) in [4.78, 5) is 0. The predicted molar refractivity (Wildman–Crippen MR) is 71.5 cm³/mol. The second-order valence-corrected chi connectivity index (χ2v) is 4.26. The molecule has 0 amide bonds. The van der Waals surface area contributed by atoms with Crippen LogP contribution in [0.2, 0.25) is 0 Å². The summed E-state index contributed by atoms with van der Waals surface area (Å²) in [6, 6.07) is 16.1. The highest BCUT2D eigenvalue weighted by molar-refractivity contribution is 5.33. The molecule has 0 spiro atoms. The van der Waals surface area contributed by atoms with Gasteiger partial charge in [-0.2, -0.15) is 5.26 Å². The zero-order valence-corrected chi connectivity index (χ0v) is 10.6. The van der Waals surface area contributed by atoms with Crippen LogP contribution in [0.1, 0.15) is 17.0 Å². The highest BCUT2D eigenvalue weighted by Gasteiger charge is 2.15. The molecule has 0 N–H and O–H groups in total. The normalized spacial score (nSPS) is 11.6. The van der Waals surface area contributed by atoms with Crippen molar-refractivity contribution in [3.63, 3.8) is 0 Å². The first-order chi connectivity index (χ1) is 9.24. The molecule has 0 saturated heterocycles. The van der Waals surface area contributed by atoms with Crippen molar-refractivity contribution in [3.8, 4) is 11.8 Å². The van der Waals surface area contributed by atoms with Crippen molar-refractivity contribution < 1.29 is 9.13 Å². The van der Waals surface area contributed by atoms with Gasteiger partial charge in [0.05, 0.1) is 19.1 Å². The molecule has 0 aliphatic carbocycles. The second-order valence-electron chi connectivity index (χ2n) is 4.26. The number of hydrogen-bond acceptors (Lipinski definition) is 2. The van der Waals surface area contributed by atoms with Gasteiger partial charge in [0, 0.05) is 5.56 Å². The Labute approximate surface area is 112 Å². The molecule has 0 heterocycles.